The van der Waals surface area contributed by atoms with E-state index in [0.717, 1.165) is 44.1 Å². The molecule has 1 N–H and O–H groups in total. The van der Waals surface area contributed by atoms with Crippen LogP contribution < -0.4 is 5.32 Å². The van der Waals surface area contributed by atoms with E-state index in [1.165, 1.54) is 51.5 Å². The number of ether oxygens (including phenoxy) is 2. The molecule has 4 atom stereocenters. The summed E-state index contributed by atoms with van der Waals surface area (Å²) >= 11 is 0. The molecular formula is C17H31NO2. The summed E-state index contributed by atoms with van der Waals surface area (Å²) in [6.45, 7) is 6.13. The quantitative estimate of drug-likeness (QED) is 0.859. The lowest BCUT2D eigenvalue weighted by atomic mass is 9.70. The molecule has 3 fully saturated rings. The highest BCUT2D eigenvalue weighted by molar-refractivity contribution is 4.95. The van der Waals surface area contributed by atoms with Gasteiger partial charge in [0.25, 0.3) is 0 Å². The van der Waals surface area contributed by atoms with E-state index in [9.17, 15) is 0 Å². The molecule has 116 valence electrons. The predicted molar refractivity (Wildman–Crippen MR) is 80.9 cm³/mol. The van der Waals surface area contributed by atoms with E-state index < -0.39 is 0 Å². The Kier molecular flexibility index (Phi) is 5.00. The molecule has 0 aromatic rings. The molecule has 0 radical (unpaired) electrons. The molecule has 2 aliphatic heterocycles. The normalized spacial score (nSPS) is 42.1. The molecule has 3 aliphatic rings. The third-order valence-electron chi connectivity index (χ3n) is 5.68. The molecule has 4 unspecified atom stereocenters. The Morgan fingerprint density at radius 1 is 1.15 bits per heavy atom. The summed E-state index contributed by atoms with van der Waals surface area (Å²) in [4.78, 5) is 0. The Morgan fingerprint density at radius 2 is 2.05 bits per heavy atom. The van der Waals surface area contributed by atoms with Crippen molar-refractivity contribution in [2.45, 2.75) is 69.9 Å². The van der Waals surface area contributed by atoms with Crippen LogP contribution in [0.4, 0.5) is 0 Å². The van der Waals surface area contributed by atoms with Gasteiger partial charge in [0.2, 0.25) is 0 Å². The fourth-order valence-electron chi connectivity index (χ4n) is 4.60. The fourth-order valence-corrected chi connectivity index (χ4v) is 4.60. The number of hydrogen-bond acceptors (Lipinski definition) is 3. The van der Waals surface area contributed by atoms with E-state index in [1.54, 1.807) is 0 Å². The summed E-state index contributed by atoms with van der Waals surface area (Å²) in [5.41, 5.74) is 0.0790. The summed E-state index contributed by atoms with van der Waals surface area (Å²) in [7, 11) is 0. The van der Waals surface area contributed by atoms with Crippen LogP contribution in [0.1, 0.15) is 58.3 Å². The monoisotopic (exact) mass is 281 g/mol. The zero-order valence-corrected chi connectivity index (χ0v) is 13.0. The van der Waals surface area contributed by atoms with Gasteiger partial charge in [0.15, 0.2) is 0 Å². The molecule has 1 spiro atoms. The first-order valence-corrected chi connectivity index (χ1v) is 8.78. The average molecular weight is 281 g/mol. The lowest BCUT2D eigenvalue weighted by Crippen LogP contribution is -2.48. The van der Waals surface area contributed by atoms with Gasteiger partial charge < -0.3 is 14.8 Å². The Bertz CT molecular complexity index is 301. The molecule has 0 bridgehead atoms. The maximum Gasteiger partial charge on any atom is 0.0939 e. The molecule has 1 aliphatic carbocycles. The zero-order chi connectivity index (χ0) is 13.8. The fraction of sp³-hybridized carbons (Fsp3) is 1.00. The van der Waals surface area contributed by atoms with Crippen molar-refractivity contribution in [2.24, 2.45) is 11.8 Å². The lowest BCUT2D eigenvalue weighted by Gasteiger charge is -2.44. The number of hydrogen-bond donors (Lipinski definition) is 1. The van der Waals surface area contributed by atoms with Crippen LogP contribution in [-0.4, -0.2) is 38.0 Å². The van der Waals surface area contributed by atoms with Gasteiger partial charge in [-0.2, -0.15) is 0 Å². The Balaban J connectivity index is 1.63. The molecule has 2 heterocycles. The first-order chi connectivity index (χ1) is 9.83. The topological polar surface area (TPSA) is 30.5 Å². The predicted octanol–water partition coefficient (Wildman–Crippen LogP) is 3.13. The van der Waals surface area contributed by atoms with Crippen LogP contribution in [0.5, 0.6) is 0 Å². The maximum atomic E-state index is 6.12. The van der Waals surface area contributed by atoms with Crippen LogP contribution in [-0.2, 0) is 9.47 Å². The standard InChI is InChI=1S/C17H31NO2/c1-2-9-18-16-6-4-3-5-15(16)14-7-10-20-17(12-14)8-11-19-13-17/h14-16,18H,2-13H2,1H3. The van der Waals surface area contributed by atoms with Crippen molar-refractivity contribution in [3.63, 3.8) is 0 Å². The summed E-state index contributed by atoms with van der Waals surface area (Å²) < 4.78 is 11.7. The van der Waals surface area contributed by atoms with Gasteiger partial charge in [-0.3, -0.25) is 0 Å². The SMILES string of the molecule is CCCNC1CCCCC1C1CCOC2(CCOC2)C1. The van der Waals surface area contributed by atoms with Gasteiger partial charge >= 0.3 is 0 Å². The minimum atomic E-state index is 0.0790. The lowest BCUT2D eigenvalue weighted by molar-refractivity contribution is -0.111. The van der Waals surface area contributed by atoms with E-state index in [-0.39, 0.29) is 5.60 Å². The van der Waals surface area contributed by atoms with Crippen molar-refractivity contribution in [3.8, 4) is 0 Å². The van der Waals surface area contributed by atoms with Gasteiger partial charge in [0, 0.05) is 25.7 Å². The molecule has 0 amide bonds. The van der Waals surface area contributed by atoms with E-state index in [0.29, 0.717) is 0 Å². The van der Waals surface area contributed by atoms with Crippen LogP contribution in [0.25, 0.3) is 0 Å². The second kappa shape index (κ2) is 6.76. The maximum absolute atomic E-state index is 6.12. The summed E-state index contributed by atoms with van der Waals surface area (Å²) in [6, 6.07) is 0.756. The minimum Gasteiger partial charge on any atom is -0.378 e. The highest BCUT2D eigenvalue weighted by Crippen LogP contribution is 2.43. The minimum absolute atomic E-state index is 0.0790. The van der Waals surface area contributed by atoms with Gasteiger partial charge in [-0.05, 0) is 50.5 Å². The van der Waals surface area contributed by atoms with Gasteiger partial charge in [-0.15, -0.1) is 0 Å². The molecule has 20 heavy (non-hydrogen) atoms. The van der Waals surface area contributed by atoms with E-state index >= 15 is 0 Å². The van der Waals surface area contributed by atoms with Gasteiger partial charge in [-0.1, -0.05) is 19.8 Å². The van der Waals surface area contributed by atoms with Crippen molar-refractivity contribution in [1.29, 1.82) is 0 Å². The highest BCUT2D eigenvalue weighted by atomic mass is 16.6. The molecule has 2 saturated heterocycles. The molecule has 1 saturated carbocycles. The van der Waals surface area contributed by atoms with Gasteiger partial charge in [0.05, 0.1) is 12.2 Å². The van der Waals surface area contributed by atoms with Crippen LogP contribution in [0.3, 0.4) is 0 Å². The van der Waals surface area contributed by atoms with Crippen LogP contribution in [0, 0.1) is 11.8 Å². The smallest absolute Gasteiger partial charge is 0.0939 e. The number of rotatable bonds is 4. The van der Waals surface area contributed by atoms with Crippen molar-refractivity contribution >= 4 is 0 Å². The third-order valence-corrected chi connectivity index (χ3v) is 5.68. The largest absolute Gasteiger partial charge is 0.378 e. The number of nitrogens with one attached hydrogen (secondary N) is 1. The molecule has 3 rings (SSSR count). The van der Waals surface area contributed by atoms with Gasteiger partial charge in [-0.25, -0.2) is 0 Å². The van der Waals surface area contributed by atoms with E-state index in [1.807, 2.05) is 0 Å². The molecule has 0 aromatic heterocycles. The molecule has 3 heteroatoms. The third kappa shape index (κ3) is 3.20. The summed E-state index contributed by atoms with van der Waals surface area (Å²) in [5, 5.41) is 3.83. The van der Waals surface area contributed by atoms with Crippen molar-refractivity contribution in [1.82, 2.24) is 5.32 Å². The molecule has 3 nitrogen and oxygen atoms in total. The summed E-state index contributed by atoms with van der Waals surface area (Å²) in [6.07, 6.45) is 10.5. The Morgan fingerprint density at radius 3 is 2.85 bits per heavy atom. The highest BCUT2D eigenvalue weighted by Gasteiger charge is 2.44. The molecule has 0 aromatic carbocycles. The average Bonchev–Trinajstić information content (AvgIpc) is 2.93. The Labute approximate surface area is 123 Å². The van der Waals surface area contributed by atoms with Crippen molar-refractivity contribution in [2.75, 3.05) is 26.4 Å². The second-order valence-corrected chi connectivity index (χ2v) is 7.10. The Hall–Kier alpha value is -0.120. The second-order valence-electron chi connectivity index (χ2n) is 7.10. The van der Waals surface area contributed by atoms with Gasteiger partial charge in [0.1, 0.15) is 0 Å². The first-order valence-electron chi connectivity index (χ1n) is 8.78. The van der Waals surface area contributed by atoms with Crippen LogP contribution in [0.2, 0.25) is 0 Å². The van der Waals surface area contributed by atoms with Crippen LogP contribution in [0.15, 0.2) is 0 Å². The van der Waals surface area contributed by atoms with Crippen molar-refractivity contribution in [3.05, 3.63) is 0 Å². The van der Waals surface area contributed by atoms with Crippen LogP contribution >= 0.6 is 0 Å². The zero-order valence-electron chi connectivity index (χ0n) is 13.0. The van der Waals surface area contributed by atoms with E-state index in [4.69, 9.17) is 9.47 Å². The molecular weight excluding hydrogens is 250 g/mol. The van der Waals surface area contributed by atoms with Crippen molar-refractivity contribution < 1.29 is 9.47 Å². The first kappa shape index (κ1) is 14.8. The van der Waals surface area contributed by atoms with E-state index in [2.05, 4.69) is 12.2 Å². The summed E-state index contributed by atoms with van der Waals surface area (Å²) in [5.74, 6) is 1.72.